The van der Waals surface area contributed by atoms with Crippen molar-refractivity contribution in [3.8, 4) is 17.2 Å². The molecule has 0 radical (unpaired) electrons. The van der Waals surface area contributed by atoms with Gasteiger partial charge in [-0.25, -0.2) is 4.98 Å². The Hall–Kier alpha value is -2.38. The van der Waals surface area contributed by atoms with E-state index in [-0.39, 0.29) is 0 Å². The average Bonchev–Trinajstić information content (AvgIpc) is 2.59. The molecule has 0 aliphatic heterocycles. The highest BCUT2D eigenvalue weighted by Crippen LogP contribution is 2.36. The molecule has 0 saturated carbocycles. The highest BCUT2D eigenvalue weighted by Gasteiger charge is 2.22. The molecule has 0 spiro atoms. The largest absolute Gasteiger partial charge is 0.368 e. The molecule has 1 aliphatic rings. The molecule has 0 atom stereocenters. The zero-order chi connectivity index (χ0) is 15.4. The van der Waals surface area contributed by atoms with Crippen LogP contribution in [0.15, 0.2) is 30.3 Å². The Bertz CT molecular complexity index is 701. The van der Waals surface area contributed by atoms with Gasteiger partial charge in [0.15, 0.2) is 0 Å². The normalized spacial score (nSPS) is 13.3. The molecule has 3 N–H and O–H groups in total. The van der Waals surface area contributed by atoms with Gasteiger partial charge in [-0.05, 0) is 36.8 Å². The van der Waals surface area contributed by atoms with Crippen molar-refractivity contribution in [2.75, 3.05) is 18.4 Å². The zero-order valence-corrected chi connectivity index (χ0v) is 12.6. The fourth-order valence-corrected chi connectivity index (χ4v) is 3.09. The molecule has 0 saturated heterocycles. The van der Waals surface area contributed by atoms with Crippen molar-refractivity contribution < 1.29 is 0 Å². The third-order valence-electron chi connectivity index (χ3n) is 4.09. The van der Waals surface area contributed by atoms with Crippen LogP contribution in [-0.2, 0) is 12.8 Å². The molecule has 0 unspecified atom stereocenters. The summed E-state index contributed by atoms with van der Waals surface area (Å²) in [6.45, 7) is 1.14. The van der Waals surface area contributed by atoms with Crippen LogP contribution in [0.3, 0.4) is 0 Å². The Morgan fingerprint density at radius 1 is 1.18 bits per heavy atom. The summed E-state index contributed by atoms with van der Waals surface area (Å²) >= 11 is 0. The lowest BCUT2D eigenvalue weighted by Gasteiger charge is -2.22. The zero-order valence-electron chi connectivity index (χ0n) is 12.6. The fourth-order valence-electron chi connectivity index (χ4n) is 3.09. The van der Waals surface area contributed by atoms with Crippen LogP contribution in [0.25, 0.3) is 11.1 Å². The summed E-state index contributed by atoms with van der Waals surface area (Å²) in [6, 6.07) is 12.5. The first-order valence-electron chi connectivity index (χ1n) is 7.80. The summed E-state index contributed by atoms with van der Waals surface area (Å²) in [4.78, 5) is 4.72. The van der Waals surface area contributed by atoms with Gasteiger partial charge in [0, 0.05) is 24.3 Å². The highest BCUT2D eigenvalue weighted by atomic mass is 15.0. The quantitative estimate of drug-likeness (QED) is 0.908. The Morgan fingerprint density at radius 2 is 1.95 bits per heavy atom. The second kappa shape index (κ2) is 6.59. The number of pyridine rings is 1. The number of nitrogens with one attached hydrogen (secondary N) is 1. The van der Waals surface area contributed by atoms with E-state index >= 15 is 0 Å². The maximum atomic E-state index is 9.70. The van der Waals surface area contributed by atoms with E-state index in [9.17, 15) is 5.26 Å². The lowest BCUT2D eigenvalue weighted by Crippen LogP contribution is -2.17. The molecule has 22 heavy (non-hydrogen) atoms. The number of aromatic nitrogens is 1. The molecule has 3 rings (SSSR count). The summed E-state index contributed by atoms with van der Waals surface area (Å²) in [5.74, 6) is 0.674. The van der Waals surface area contributed by atoms with E-state index in [0.717, 1.165) is 42.5 Å². The Morgan fingerprint density at radius 3 is 2.68 bits per heavy atom. The van der Waals surface area contributed by atoms with Crippen LogP contribution in [0.1, 0.15) is 29.7 Å². The maximum Gasteiger partial charge on any atom is 0.144 e. The standard InChI is InChI=1S/C18H20N4/c19-10-11-21-18-15(12-20)17(13-6-2-1-3-7-13)14-8-4-5-9-16(14)22-18/h1-3,6-7H,4-5,8-11,19H2,(H,21,22). The molecule has 0 fully saturated rings. The molecule has 112 valence electrons. The minimum Gasteiger partial charge on any atom is -0.368 e. The second-order valence-corrected chi connectivity index (χ2v) is 5.54. The number of nitrogens with zero attached hydrogens (tertiary/aromatic N) is 2. The molecular formula is C18H20N4. The predicted molar refractivity (Wildman–Crippen MR) is 88.6 cm³/mol. The average molecular weight is 292 g/mol. The van der Waals surface area contributed by atoms with Crippen molar-refractivity contribution in [3.63, 3.8) is 0 Å². The van der Waals surface area contributed by atoms with Crippen molar-refractivity contribution in [2.24, 2.45) is 5.73 Å². The molecule has 1 aromatic heterocycles. The molecule has 1 heterocycles. The van der Waals surface area contributed by atoms with Gasteiger partial charge in [-0.15, -0.1) is 0 Å². The van der Waals surface area contributed by atoms with Gasteiger partial charge in [-0.2, -0.15) is 5.26 Å². The first-order valence-corrected chi connectivity index (χ1v) is 7.80. The van der Waals surface area contributed by atoms with Gasteiger partial charge < -0.3 is 11.1 Å². The van der Waals surface area contributed by atoms with Crippen molar-refractivity contribution in [1.82, 2.24) is 4.98 Å². The molecule has 2 aromatic rings. The second-order valence-electron chi connectivity index (χ2n) is 5.54. The van der Waals surface area contributed by atoms with Crippen molar-refractivity contribution in [2.45, 2.75) is 25.7 Å². The number of benzene rings is 1. The lowest BCUT2D eigenvalue weighted by atomic mass is 9.86. The van der Waals surface area contributed by atoms with Gasteiger partial charge in [-0.3, -0.25) is 0 Å². The molecule has 1 aliphatic carbocycles. The summed E-state index contributed by atoms with van der Waals surface area (Å²) in [6.07, 6.45) is 4.31. The van der Waals surface area contributed by atoms with E-state index in [1.807, 2.05) is 18.2 Å². The van der Waals surface area contributed by atoms with Crippen LogP contribution in [0, 0.1) is 11.3 Å². The third-order valence-corrected chi connectivity index (χ3v) is 4.09. The number of hydrogen-bond acceptors (Lipinski definition) is 4. The monoisotopic (exact) mass is 292 g/mol. The molecule has 1 aromatic carbocycles. The molecule has 4 heteroatoms. The number of nitriles is 1. The predicted octanol–water partition coefficient (Wildman–Crippen LogP) is 2.87. The number of aryl methyl sites for hydroxylation is 1. The van der Waals surface area contributed by atoms with E-state index in [1.165, 1.54) is 5.56 Å². The SMILES string of the molecule is N#Cc1c(NCCN)nc2c(c1-c1ccccc1)CCCC2. The number of anilines is 1. The van der Waals surface area contributed by atoms with Crippen LogP contribution >= 0.6 is 0 Å². The van der Waals surface area contributed by atoms with Crippen LogP contribution < -0.4 is 11.1 Å². The minimum atomic E-state index is 0.518. The molecule has 0 bridgehead atoms. The fraction of sp³-hybridized carbons (Fsp3) is 0.333. The summed E-state index contributed by atoms with van der Waals surface area (Å²) < 4.78 is 0. The minimum absolute atomic E-state index is 0.518. The Labute approximate surface area is 131 Å². The molecular weight excluding hydrogens is 272 g/mol. The number of hydrogen-bond donors (Lipinski definition) is 2. The molecule has 0 amide bonds. The molecule has 4 nitrogen and oxygen atoms in total. The van der Waals surface area contributed by atoms with Crippen LogP contribution in [0.2, 0.25) is 0 Å². The third kappa shape index (κ3) is 2.68. The van der Waals surface area contributed by atoms with Gasteiger partial charge >= 0.3 is 0 Å². The Balaban J connectivity index is 2.22. The van der Waals surface area contributed by atoms with Crippen LogP contribution in [-0.4, -0.2) is 18.1 Å². The van der Waals surface area contributed by atoms with Gasteiger partial charge in [-0.1, -0.05) is 30.3 Å². The Kier molecular flexibility index (Phi) is 4.36. The van der Waals surface area contributed by atoms with Crippen molar-refractivity contribution in [3.05, 3.63) is 47.2 Å². The van der Waals surface area contributed by atoms with E-state index in [0.29, 0.717) is 24.5 Å². The van der Waals surface area contributed by atoms with E-state index in [2.05, 4.69) is 23.5 Å². The number of nitrogens with two attached hydrogens (primary N) is 1. The first kappa shape index (κ1) is 14.6. The van der Waals surface area contributed by atoms with E-state index < -0.39 is 0 Å². The van der Waals surface area contributed by atoms with Gasteiger partial charge in [0.1, 0.15) is 17.5 Å². The summed E-state index contributed by atoms with van der Waals surface area (Å²) in [7, 11) is 0. The first-order chi connectivity index (χ1) is 10.8. The summed E-state index contributed by atoms with van der Waals surface area (Å²) in [5.41, 5.74) is 10.7. The van der Waals surface area contributed by atoms with E-state index in [1.54, 1.807) is 0 Å². The van der Waals surface area contributed by atoms with Gasteiger partial charge in [0.05, 0.1) is 0 Å². The van der Waals surface area contributed by atoms with Crippen molar-refractivity contribution in [1.29, 1.82) is 5.26 Å². The smallest absolute Gasteiger partial charge is 0.144 e. The van der Waals surface area contributed by atoms with Gasteiger partial charge in [0.25, 0.3) is 0 Å². The van der Waals surface area contributed by atoms with E-state index in [4.69, 9.17) is 10.7 Å². The number of rotatable bonds is 4. The maximum absolute atomic E-state index is 9.70. The number of fused-ring (bicyclic) bond motifs is 1. The topological polar surface area (TPSA) is 74.7 Å². The van der Waals surface area contributed by atoms with Crippen LogP contribution in [0.4, 0.5) is 5.82 Å². The van der Waals surface area contributed by atoms with Crippen molar-refractivity contribution >= 4 is 5.82 Å². The lowest BCUT2D eigenvalue weighted by molar-refractivity contribution is 0.669. The van der Waals surface area contributed by atoms with Gasteiger partial charge in [0.2, 0.25) is 0 Å². The summed E-state index contributed by atoms with van der Waals surface area (Å²) in [5, 5.41) is 12.9. The highest BCUT2D eigenvalue weighted by molar-refractivity contribution is 5.80. The van der Waals surface area contributed by atoms with Crippen LogP contribution in [0.5, 0.6) is 0 Å².